The summed E-state index contributed by atoms with van der Waals surface area (Å²) in [7, 11) is 0. The van der Waals surface area contributed by atoms with Crippen molar-refractivity contribution < 1.29 is 14.5 Å². The molecule has 2 aliphatic rings. The summed E-state index contributed by atoms with van der Waals surface area (Å²) in [5.74, 6) is -0.593. The fourth-order valence-corrected chi connectivity index (χ4v) is 5.02. The normalized spacial score (nSPS) is 16.1. The highest BCUT2D eigenvalue weighted by molar-refractivity contribution is 6.49. The van der Waals surface area contributed by atoms with Crippen LogP contribution in [0.3, 0.4) is 0 Å². The van der Waals surface area contributed by atoms with Crippen LogP contribution in [0, 0.1) is 24.0 Å². The summed E-state index contributed by atoms with van der Waals surface area (Å²) in [5.41, 5.74) is 3.69. The molecular weight excluding hydrogens is 470 g/mol. The maximum Gasteiger partial charge on any atom is 0.295 e. The fraction of sp³-hybridized carbons (Fsp3) is 0.240. The predicted molar refractivity (Wildman–Crippen MR) is 131 cm³/mol. The van der Waals surface area contributed by atoms with Gasteiger partial charge >= 0.3 is 0 Å². The van der Waals surface area contributed by atoms with Crippen molar-refractivity contribution in [2.45, 2.75) is 13.8 Å². The minimum absolute atomic E-state index is 0.0273. The molecule has 2 aromatic carbocycles. The van der Waals surface area contributed by atoms with E-state index in [4.69, 9.17) is 11.6 Å². The zero-order chi connectivity index (χ0) is 24.9. The topological polar surface area (TPSA) is 102 Å². The quantitative estimate of drug-likeness (QED) is 0.400. The number of aryl methyl sites for hydroxylation is 2. The van der Waals surface area contributed by atoms with E-state index in [1.807, 2.05) is 24.8 Å². The lowest BCUT2D eigenvalue weighted by Crippen LogP contribution is -2.48. The monoisotopic (exact) mass is 491 g/mol. The van der Waals surface area contributed by atoms with E-state index in [0.717, 1.165) is 17.1 Å². The SMILES string of the molecule is Cc1cc(C)n(-c2cc(N3CCN(C4=C(Cl)C(=O)c5ccccc5C4=O)CC3)ccc2[N+](=O)[O-])n1. The molecule has 35 heavy (non-hydrogen) atoms. The highest BCUT2D eigenvalue weighted by atomic mass is 35.5. The molecule has 5 rings (SSSR count). The number of hydrogen-bond donors (Lipinski definition) is 0. The van der Waals surface area contributed by atoms with E-state index < -0.39 is 4.92 Å². The number of aromatic nitrogens is 2. The van der Waals surface area contributed by atoms with Gasteiger partial charge in [0, 0.05) is 54.8 Å². The van der Waals surface area contributed by atoms with Crippen LogP contribution in [0.25, 0.3) is 5.69 Å². The van der Waals surface area contributed by atoms with Crippen LogP contribution in [0.1, 0.15) is 32.1 Å². The Balaban J connectivity index is 1.40. The number of nitro groups is 1. The molecule has 0 unspecified atom stereocenters. The highest BCUT2D eigenvalue weighted by Gasteiger charge is 2.35. The van der Waals surface area contributed by atoms with Crippen LogP contribution in [0.4, 0.5) is 11.4 Å². The van der Waals surface area contributed by atoms with Crippen LogP contribution in [0.5, 0.6) is 0 Å². The molecule has 9 nitrogen and oxygen atoms in total. The Labute approximate surface area is 206 Å². The molecule has 0 N–H and O–H groups in total. The van der Waals surface area contributed by atoms with E-state index in [1.165, 1.54) is 6.07 Å². The Kier molecular flexibility index (Phi) is 5.64. The maximum absolute atomic E-state index is 13.1. The number of benzene rings is 2. The first-order valence-electron chi connectivity index (χ1n) is 11.2. The zero-order valence-electron chi connectivity index (χ0n) is 19.2. The molecule has 0 amide bonds. The molecule has 3 aromatic rings. The number of rotatable bonds is 4. The van der Waals surface area contributed by atoms with Crippen molar-refractivity contribution in [3.05, 3.63) is 91.9 Å². The standard InChI is InChI=1S/C25H22ClN5O4/c1-15-13-16(2)30(27-15)21-14-17(7-8-20(21)31(34)35)28-9-11-29(12-10-28)23-22(26)24(32)18-5-3-4-6-19(18)25(23)33/h3-8,13-14H,9-12H2,1-2H3. The van der Waals surface area contributed by atoms with E-state index in [1.54, 1.807) is 41.1 Å². The average Bonchev–Trinajstić information content (AvgIpc) is 3.20. The number of halogens is 1. The van der Waals surface area contributed by atoms with Gasteiger partial charge in [0.05, 0.1) is 10.6 Å². The van der Waals surface area contributed by atoms with Crippen LogP contribution in [-0.4, -0.2) is 57.3 Å². The summed E-state index contributed by atoms with van der Waals surface area (Å²) in [6, 6.07) is 13.6. The molecule has 0 spiro atoms. The van der Waals surface area contributed by atoms with Crippen molar-refractivity contribution in [2.24, 2.45) is 0 Å². The van der Waals surface area contributed by atoms with Crippen LogP contribution >= 0.6 is 11.6 Å². The Hall–Kier alpha value is -3.98. The average molecular weight is 492 g/mol. The number of hydrogen-bond acceptors (Lipinski definition) is 7. The van der Waals surface area contributed by atoms with Crippen LogP contribution in [0.15, 0.2) is 59.3 Å². The van der Waals surface area contributed by atoms with Crippen molar-refractivity contribution in [1.82, 2.24) is 14.7 Å². The summed E-state index contributed by atoms with van der Waals surface area (Å²) in [5, 5.41) is 16.0. The molecule has 1 saturated heterocycles. The van der Waals surface area contributed by atoms with Gasteiger partial charge in [-0.15, -0.1) is 0 Å². The van der Waals surface area contributed by atoms with Gasteiger partial charge in [0.2, 0.25) is 11.6 Å². The number of fused-ring (bicyclic) bond motifs is 1. The molecule has 178 valence electrons. The second kappa shape index (κ2) is 8.66. The van der Waals surface area contributed by atoms with Crippen molar-refractivity contribution >= 4 is 34.5 Å². The fourth-order valence-electron chi connectivity index (χ4n) is 4.71. The Morgan fingerprint density at radius 2 is 1.54 bits per heavy atom. The minimum Gasteiger partial charge on any atom is -0.368 e. The molecule has 1 aliphatic carbocycles. The molecule has 0 radical (unpaired) electrons. The van der Waals surface area contributed by atoms with Crippen LogP contribution < -0.4 is 4.90 Å². The van der Waals surface area contributed by atoms with E-state index in [0.29, 0.717) is 43.0 Å². The smallest absolute Gasteiger partial charge is 0.295 e. The van der Waals surface area contributed by atoms with Crippen molar-refractivity contribution in [3.8, 4) is 5.69 Å². The second-order valence-electron chi connectivity index (χ2n) is 8.61. The van der Waals surface area contributed by atoms with E-state index in [9.17, 15) is 19.7 Å². The van der Waals surface area contributed by atoms with Gasteiger partial charge < -0.3 is 9.80 Å². The van der Waals surface area contributed by atoms with Gasteiger partial charge in [-0.1, -0.05) is 35.9 Å². The maximum atomic E-state index is 13.1. The molecule has 1 aliphatic heterocycles. The van der Waals surface area contributed by atoms with Crippen molar-refractivity contribution in [3.63, 3.8) is 0 Å². The molecule has 1 aromatic heterocycles. The van der Waals surface area contributed by atoms with Gasteiger partial charge in [-0.2, -0.15) is 5.10 Å². The highest BCUT2D eigenvalue weighted by Crippen LogP contribution is 2.33. The number of carbonyl (C=O) groups excluding carboxylic acids is 2. The van der Waals surface area contributed by atoms with Gasteiger partial charge in [0.15, 0.2) is 0 Å². The zero-order valence-corrected chi connectivity index (χ0v) is 20.0. The third-order valence-corrected chi connectivity index (χ3v) is 6.74. The predicted octanol–water partition coefficient (Wildman–Crippen LogP) is 4.05. The van der Waals surface area contributed by atoms with Crippen LogP contribution in [-0.2, 0) is 0 Å². The lowest BCUT2D eigenvalue weighted by molar-refractivity contribution is -0.384. The summed E-state index contributed by atoms with van der Waals surface area (Å²) < 4.78 is 1.58. The van der Waals surface area contributed by atoms with Gasteiger partial charge in [0.25, 0.3) is 5.69 Å². The number of allylic oxidation sites excluding steroid dienone is 2. The molecular formula is C25H22ClN5O4. The summed E-state index contributed by atoms with van der Waals surface area (Å²) in [6.45, 7) is 5.73. The number of nitrogens with zero attached hydrogens (tertiary/aromatic N) is 5. The first kappa shape index (κ1) is 22.8. The lowest BCUT2D eigenvalue weighted by Gasteiger charge is -2.39. The van der Waals surface area contributed by atoms with E-state index in [2.05, 4.69) is 10.00 Å². The molecule has 0 bridgehead atoms. The molecule has 2 heterocycles. The molecule has 10 heteroatoms. The third kappa shape index (κ3) is 3.87. The number of ketones is 2. The summed E-state index contributed by atoms with van der Waals surface area (Å²) in [4.78, 5) is 41.1. The van der Waals surface area contributed by atoms with Crippen LogP contribution in [0.2, 0.25) is 0 Å². The third-order valence-electron chi connectivity index (χ3n) is 6.39. The molecule has 0 atom stereocenters. The Morgan fingerprint density at radius 3 is 2.14 bits per heavy atom. The Bertz CT molecular complexity index is 1420. The number of anilines is 1. The van der Waals surface area contributed by atoms with E-state index >= 15 is 0 Å². The van der Waals surface area contributed by atoms with E-state index in [-0.39, 0.29) is 28.0 Å². The van der Waals surface area contributed by atoms with Gasteiger partial charge in [-0.3, -0.25) is 19.7 Å². The number of nitro benzene ring substituents is 1. The minimum atomic E-state index is -0.411. The second-order valence-corrected chi connectivity index (χ2v) is 8.99. The van der Waals surface area contributed by atoms with Gasteiger partial charge in [-0.25, -0.2) is 4.68 Å². The molecule has 1 fully saturated rings. The van der Waals surface area contributed by atoms with Crippen molar-refractivity contribution in [2.75, 3.05) is 31.1 Å². The number of Topliss-reactive ketones (excluding diaryl/α,β-unsaturated/α-hetero) is 2. The molecule has 0 saturated carbocycles. The summed E-state index contributed by atoms with van der Waals surface area (Å²) in [6.07, 6.45) is 0. The Morgan fingerprint density at radius 1 is 0.914 bits per heavy atom. The van der Waals surface area contributed by atoms with Crippen molar-refractivity contribution in [1.29, 1.82) is 0 Å². The lowest BCUT2D eigenvalue weighted by atomic mass is 9.91. The largest absolute Gasteiger partial charge is 0.368 e. The number of carbonyl (C=O) groups is 2. The van der Waals surface area contributed by atoms with Gasteiger partial charge in [-0.05, 0) is 32.0 Å². The first-order chi connectivity index (χ1) is 16.8. The van der Waals surface area contributed by atoms with Gasteiger partial charge in [0.1, 0.15) is 16.4 Å². The summed E-state index contributed by atoms with van der Waals surface area (Å²) >= 11 is 6.38. The first-order valence-corrected chi connectivity index (χ1v) is 11.5. The number of piperazine rings is 1.